The second-order valence-corrected chi connectivity index (χ2v) is 9.06. The van der Waals surface area contributed by atoms with Crippen LogP contribution in [0.1, 0.15) is 65.2 Å². The lowest BCUT2D eigenvalue weighted by molar-refractivity contribution is -0.135. The van der Waals surface area contributed by atoms with Crippen LogP contribution in [0.2, 0.25) is 0 Å². The summed E-state index contributed by atoms with van der Waals surface area (Å²) in [5.74, 6) is 5.94. The molecule has 0 aromatic heterocycles. The van der Waals surface area contributed by atoms with Crippen LogP contribution in [0.5, 0.6) is 0 Å². The molecule has 0 aromatic rings. The Hall–Kier alpha value is -1.36. The first-order chi connectivity index (χ1) is 11.4. The zero-order valence-electron chi connectivity index (χ0n) is 14.9. The SMILES string of the molecule is C#CCC12CCC(=O)C=C1C[C@@H](C)[C@@H]1[C@@H]2CC[C@]2(C)C(=O)CC[C@@H]12. The molecule has 6 atom stereocenters. The minimum atomic E-state index is -0.0987. The molecule has 3 saturated carbocycles. The number of hydrogen-bond acceptors (Lipinski definition) is 2. The Kier molecular flexibility index (Phi) is 3.57. The van der Waals surface area contributed by atoms with Gasteiger partial charge >= 0.3 is 0 Å². The third kappa shape index (κ3) is 1.97. The first-order valence-corrected chi connectivity index (χ1v) is 9.63. The number of hydrogen-bond donors (Lipinski definition) is 0. The summed E-state index contributed by atoms with van der Waals surface area (Å²) in [6.45, 7) is 4.56. The van der Waals surface area contributed by atoms with Crippen LogP contribution in [0.4, 0.5) is 0 Å². The van der Waals surface area contributed by atoms with Crippen molar-refractivity contribution in [2.24, 2.45) is 34.5 Å². The molecule has 4 rings (SSSR count). The van der Waals surface area contributed by atoms with Crippen LogP contribution in [0.15, 0.2) is 11.6 Å². The van der Waals surface area contributed by atoms with E-state index in [-0.39, 0.29) is 16.6 Å². The van der Waals surface area contributed by atoms with E-state index in [4.69, 9.17) is 6.42 Å². The molecule has 24 heavy (non-hydrogen) atoms. The van der Waals surface area contributed by atoms with Gasteiger partial charge in [0.15, 0.2) is 5.78 Å². The van der Waals surface area contributed by atoms with E-state index in [1.54, 1.807) is 0 Å². The fraction of sp³-hybridized carbons (Fsp3) is 0.727. The zero-order chi connectivity index (χ0) is 17.1. The Morgan fingerprint density at radius 1 is 1.21 bits per heavy atom. The molecule has 0 aromatic carbocycles. The van der Waals surface area contributed by atoms with Crippen molar-refractivity contribution in [1.82, 2.24) is 0 Å². The van der Waals surface area contributed by atoms with E-state index in [2.05, 4.69) is 19.8 Å². The van der Waals surface area contributed by atoms with Gasteiger partial charge in [-0.1, -0.05) is 19.4 Å². The van der Waals surface area contributed by atoms with Gasteiger partial charge in [0.05, 0.1) is 0 Å². The number of terminal acetylenes is 1. The topological polar surface area (TPSA) is 34.1 Å². The summed E-state index contributed by atoms with van der Waals surface area (Å²) >= 11 is 0. The molecule has 0 N–H and O–H groups in total. The number of carbonyl (C=O) groups is 2. The minimum Gasteiger partial charge on any atom is -0.299 e. The summed E-state index contributed by atoms with van der Waals surface area (Å²) in [6.07, 6.45) is 15.0. The van der Waals surface area contributed by atoms with Crippen molar-refractivity contribution in [3.8, 4) is 12.3 Å². The van der Waals surface area contributed by atoms with E-state index in [9.17, 15) is 9.59 Å². The monoisotopic (exact) mass is 324 g/mol. The average molecular weight is 324 g/mol. The van der Waals surface area contributed by atoms with Gasteiger partial charge in [0.2, 0.25) is 0 Å². The number of carbonyl (C=O) groups excluding carboxylic acids is 2. The van der Waals surface area contributed by atoms with E-state index in [0.717, 1.165) is 44.9 Å². The van der Waals surface area contributed by atoms with Gasteiger partial charge in [-0.15, -0.1) is 12.3 Å². The second-order valence-electron chi connectivity index (χ2n) is 9.06. The Labute approximate surface area is 145 Å². The third-order valence-electron chi connectivity index (χ3n) is 8.16. The van der Waals surface area contributed by atoms with E-state index in [1.807, 2.05) is 6.08 Å². The lowest BCUT2D eigenvalue weighted by atomic mass is 9.44. The second kappa shape index (κ2) is 5.32. The fourth-order valence-electron chi connectivity index (χ4n) is 7.01. The summed E-state index contributed by atoms with van der Waals surface area (Å²) in [4.78, 5) is 24.6. The molecular formula is C22H28O2. The smallest absolute Gasteiger partial charge is 0.155 e. The normalized spacial score (nSPS) is 47.3. The fourth-order valence-corrected chi connectivity index (χ4v) is 7.01. The van der Waals surface area contributed by atoms with Crippen LogP contribution in [0.25, 0.3) is 0 Å². The maximum atomic E-state index is 12.6. The summed E-state index contributed by atoms with van der Waals surface area (Å²) < 4.78 is 0. The molecule has 2 heteroatoms. The van der Waals surface area contributed by atoms with Gasteiger partial charge in [-0.25, -0.2) is 0 Å². The number of Topliss-reactive ketones (excluding diaryl/α,β-unsaturated/α-hetero) is 1. The van der Waals surface area contributed by atoms with Crippen molar-refractivity contribution in [3.63, 3.8) is 0 Å². The maximum absolute atomic E-state index is 12.6. The lowest BCUT2D eigenvalue weighted by Gasteiger charge is -2.59. The Bertz CT molecular complexity index is 666. The van der Waals surface area contributed by atoms with Crippen molar-refractivity contribution >= 4 is 11.6 Å². The standard InChI is InChI=1S/C22H28O2/c1-4-9-22-11-7-16(23)13-15(22)12-14(2)20-17-5-6-19(24)21(17,3)10-8-18(20)22/h1,13-14,17-18,20H,5-12H2,2-3H3/t14-,17+,18+,20+,21+,22?/m1/s1. The quantitative estimate of drug-likeness (QED) is 0.673. The van der Waals surface area contributed by atoms with Crippen LogP contribution in [0.3, 0.4) is 0 Å². The van der Waals surface area contributed by atoms with Crippen LogP contribution in [0, 0.1) is 46.8 Å². The highest BCUT2D eigenvalue weighted by molar-refractivity contribution is 5.92. The van der Waals surface area contributed by atoms with Crippen LogP contribution in [-0.4, -0.2) is 11.6 Å². The van der Waals surface area contributed by atoms with Gasteiger partial charge in [-0.3, -0.25) is 9.59 Å². The number of allylic oxidation sites excluding steroid dienone is 1. The molecule has 0 aliphatic heterocycles. The highest BCUT2D eigenvalue weighted by atomic mass is 16.1. The van der Waals surface area contributed by atoms with Crippen LogP contribution >= 0.6 is 0 Å². The first-order valence-electron chi connectivity index (χ1n) is 9.63. The van der Waals surface area contributed by atoms with Crippen molar-refractivity contribution in [1.29, 1.82) is 0 Å². The molecule has 2 nitrogen and oxygen atoms in total. The van der Waals surface area contributed by atoms with E-state index < -0.39 is 0 Å². The van der Waals surface area contributed by atoms with Gasteiger partial charge in [-0.2, -0.15) is 0 Å². The predicted octanol–water partition coefficient (Wildman–Crippen LogP) is 4.34. The van der Waals surface area contributed by atoms with E-state index in [0.29, 0.717) is 35.9 Å². The van der Waals surface area contributed by atoms with E-state index >= 15 is 0 Å². The maximum Gasteiger partial charge on any atom is 0.155 e. The molecule has 0 saturated heterocycles. The van der Waals surface area contributed by atoms with Crippen molar-refractivity contribution in [3.05, 3.63) is 11.6 Å². The third-order valence-corrected chi connectivity index (χ3v) is 8.16. The van der Waals surface area contributed by atoms with Crippen molar-refractivity contribution in [2.75, 3.05) is 0 Å². The number of rotatable bonds is 1. The Morgan fingerprint density at radius 2 is 2.00 bits per heavy atom. The Balaban J connectivity index is 1.79. The zero-order valence-corrected chi connectivity index (χ0v) is 14.9. The molecule has 1 unspecified atom stereocenters. The average Bonchev–Trinajstić information content (AvgIpc) is 2.84. The summed E-state index contributed by atoms with van der Waals surface area (Å²) in [5, 5.41) is 0. The molecule has 0 bridgehead atoms. The molecule has 0 spiro atoms. The summed E-state index contributed by atoms with van der Waals surface area (Å²) in [7, 11) is 0. The number of fused-ring (bicyclic) bond motifs is 5. The molecule has 128 valence electrons. The predicted molar refractivity (Wildman–Crippen MR) is 94.0 cm³/mol. The molecule has 4 aliphatic carbocycles. The highest BCUT2D eigenvalue weighted by Gasteiger charge is 2.61. The molecular weight excluding hydrogens is 296 g/mol. The van der Waals surface area contributed by atoms with Gasteiger partial charge in [0.1, 0.15) is 5.78 Å². The van der Waals surface area contributed by atoms with Gasteiger partial charge in [-0.05, 0) is 61.9 Å². The van der Waals surface area contributed by atoms with E-state index in [1.165, 1.54) is 5.57 Å². The largest absolute Gasteiger partial charge is 0.299 e. The first kappa shape index (κ1) is 16.1. The molecule has 0 radical (unpaired) electrons. The lowest BCUT2D eigenvalue weighted by Crippen LogP contribution is -2.54. The van der Waals surface area contributed by atoms with Gasteiger partial charge < -0.3 is 0 Å². The highest BCUT2D eigenvalue weighted by Crippen LogP contribution is 2.66. The Morgan fingerprint density at radius 3 is 2.75 bits per heavy atom. The summed E-state index contributed by atoms with van der Waals surface area (Å²) in [6, 6.07) is 0. The van der Waals surface area contributed by atoms with Gasteiger partial charge in [0, 0.05) is 30.1 Å². The van der Waals surface area contributed by atoms with Crippen molar-refractivity contribution in [2.45, 2.75) is 65.2 Å². The summed E-state index contributed by atoms with van der Waals surface area (Å²) in [5.41, 5.74) is 1.27. The molecule has 4 aliphatic rings. The molecule has 0 amide bonds. The minimum absolute atomic E-state index is 0.0345. The van der Waals surface area contributed by atoms with Gasteiger partial charge in [0.25, 0.3) is 0 Å². The van der Waals surface area contributed by atoms with Crippen LogP contribution < -0.4 is 0 Å². The molecule has 3 fully saturated rings. The number of ketones is 2. The molecule has 0 heterocycles. The van der Waals surface area contributed by atoms with Crippen molar-refractivity contribution < 1.29 is 9.59 Å². The van der Waals surface area contributed by atoms with Crippen LogP contribution in [-0.2, 0) is 9.59 Å².